The third kappa shape index (κ3) is 6.31. The number of benzene rings is 2. The Bertz CT molecular complexity index is 552. The first-order valence-electron chi connectivity index (χ1n) is 7.95. The van der Waals surface area contributed by atoms with Gasteiger partial charge in [-0.15, -0.1) is 13.6 Å². The van der Waals surface area contributed by atoms with E-state index in [1.54, 1.807) is 7.11 Å². The molecule has 0 N–H and O–H groups in total. The fraction of sp³-hybridized carbons (Fsp3) is 0.368. The van der Waals surface area contributed by atoms with Gasteiger partial charge in [0.05, 0.1) is 7.11 Å². The zero-order valence-corrected chi connectivity index (χ0v) is 15.7. The van der Waals surface area contributed by atoms with E-state index in [4.69, 9.17) is 18.1 Å². The maximum absolute atomic E-state index is 6.06. The van der Waals surface area contributed by atoms with E-state index < -0.39 is 13.8 Å². The first-order chi connectivity index (χ1) is 11.4. The van der Waals surface area contributed by atoms with Crippen LogP contribution >= 0.6 is 8.17 Å². The van der Waals surface area contributed by atoms with E-state index in [-0.39, 0.29) is 0 Å². The van der Waals surface area contributed by atoms with Gasteiger partial charge in [-0.3, -0.25) is 0 Å². The van der Waals surface area contributed by atoms with Gasteiger partial charge in [0.25, 0.3) is 0 Å². The Labute approximate surface area is 145 Å². The second-order valence-electron chi connectivity index (χ2n) is 6.35. The summed E-state index contributed by atoms with van der Waals surface area (Å²) in [5, 5.41) is 0. The minimum Gasteiger partial charge on any atom is -0.156 e. The number of hydrogen-bond acceptors (Lipinski definition) is 4. The van der Waals surface area contributed by atoms with Crippen molar-refractivity contribution in [1.82, 2.24) is 0 Å². The molecule has 0 saturated carbocycles. The summed E-state index contributed by atoms with van der Waals surface area (Å²) >= 11 is 0. The Balaban J connectivity index is 2.09. The van der Waals surface area contributed by atoms with Gasteiger partial charge in [-0.2, -0.15) is 4.52 Å². The second-order valence-corrected chi connectivity index (χ2v) is 8.31. The smallest absolute Gasteiger partial charge is 0.156 e. The fourth-order valence-corrected chi connectivity index (χ4v) is 3.77. The van der Waals surface area contributed by atoms with Crippen LogP contribution in [0.25, 0.3) is 0 Å². The van der Waals surface area contributed by atoms with Crippen molar-refractivity contribution in [3.63, 3.8) is 0 Å². The van der Waals surface area contributed by atoms with Crippen LogP contribution in [0.3, 0.4) is 0 Å². The van der Waals surface area contributed by atoms with Crippen LogP contribution in [0.15, 0.2) is 60.7 Å². The van der Waals surface area contributed by atoms with Gasteiger partial charge < -0.3 is 0 Å². The molecule has 130 valence electrons. The first kappa shape index (κ1) is 19.0. The Kier molecular flexibility index (Phi) is 6.90. The number of rotatable bonds is 8. The lowest BCUT2D eigenvalue weighted by atomic mass is 10.2. The van der Waals surface area contributed by atoms with Crippen molar-refractivity contribution >= 4 is 8.17 Å². The largest absolute Gasteiger partial charge is 0.576 e. The Morgan fingerprint density at radius 3 is 1.50 bits per heavy atom. The Hall–Kier alpha value is -1.29. The highest BCUT2D eigenvalue weighted by Gasteiger charge is 2.52. The summed E-state index contributed by atoms with van der Waals surface area (Å²) in [6, 6.07) is 19.8. The van der Waals surface area contributed by atoms with Crippen molar-refractivity contribution in [3.05, 3.63) is 71.8 Å². The zero-order chi connectivity index (χ0) is 17.5. The van der Waals surface area contributed by atoms with E-state index in [1.807, 2.05) is 81.4 Å². The molecular weight excluding hydrogens is 323 g/mol. The standard InChI is InChI=1S/C19H26O4P/c1-19(2,3)23-24(20-4,21-15-17-11-7-5-8-12-17)22-16-18-13-9-6-10-14-18/h5-14H,15-16H2,1-4H3/q+1. The Morgan fingerprint density at radius 2 is 1.17 bits per heavy atom. The van der Waals surface area contributed by atoms with E-state index in [0.717, 1.165) is 11.1 Å². The van der Waals surface area contributed by atoms with E-state index in [9.17, 15) is 0 Å². The first-order valence-corrected chi connectivity index (χ1v) is 9.41. The minimum absolute atomic E-state index is 0.368. The van der Waals surface area contributed by atoms with Gasteiger partial charge in [-0.1, -0.05) is 60.7 Å². The summed E-state index contributed by atoms with van der Waals surface area (Å²) < 4.78 is 23.7. The summed E-state index contributed by atoms with van der Waals surface area (Å²) in [7, 11) is -1.36. The lowest BCUT2D eigenvalue weighted by Gasteiger charge is -2.25. The van der Waals surface area contributed by atoms with Crippen molar-refractivity contribution < 1.29 is 18.1 Å². The van der Waals surface area contributed by atoms with E-state index >= 15 is 0 Å². The van der Waals surface area contributed by atoms with Crippen molar-refractivity contribution in [2.75, 3.05) is 7.11 Å². The molecule has 0 amide bonds. The van der Waals surface area contributed by atoms with Gasteiger partial charge in [0, 0.05) is 0 Å². The van der Waals surface area contributed by atoms with E-state index in [1.165, 1.54) is 0 Å². The molecular formula is C19H26O4P+. The van der Waals surface area contributed by atoms with Crippen molar-refractivity contribution in [2.45, 2.75) is 39.6 Å². The second kappa shape index (κ2) is 8.70. The molecule has 0 unspecified atom stereocenters. The highest BCUT2D eigenvalue weighted by molar-refractivity contribution is 7.56. The molecule has 4 nitrogen and oxygen atoms in total. The molecule has 2 aromatic carbocycles. The Morgan fingerprint density at radius 1 is 0.750 bits per heavy atom. The SMILES string of the molecule is CO[P+](OCc1ccccc1)(OCc1ccccc1)OC(C)(C)C. The molecule has 0 aliphatic rings. The topological polar surface area (TPSA) is 36.9 Å². The monoisotopic (exact) mass is 349 g/mol. The van der Waals surface area contributed by atoms with Gasteiger partial charge in [-0.25, -0.2) is 0 Å². The normalized spacial score (nSPS) is 12.3. The molecule has 0 aliphatic heterocycles. The summed E-state index contributed by atoms with van der Waals surface area (Å²) in [5.41, 5.74) is 1.64. The van der Waals surface area contributed by atoms with Crippen molar-refractivity contribution in [1.29, 1.82) is 0 Å². The van der Waals surface area contributed by atoms with Crippen molar-refractivity contribution in [2.24, 2.45) is 0 Å². The third-order valence-corrected chi connectivity index (χ3v) is 5.18. The summed E-state index contributed by atoms with van der Waals surface area (Å²) in [6.07, 6.45) is 0. The number of hydrogen-bond donors (Lipinski definition) is 0. The molecule has 0 radical (unpaired) electrons. The predicted octanol–water partition coefficient (Wildman–Crippen LogP) is 5.56. The van der Waals surface area contributed by atoms with Gasteiger partial charge in [0.2, 0.25) is 0 Å². The van der Waals surface area contributed by atoms with E-state index in [2.05, 4.69) is 0 Å². The quantitative estimate of drug-likeness (QED) is 0.585. The van der Waals surface area contributed by atoms with Crippen LogP contribution in [0.1, 0.15) is 31.9 Å². The molecule has 0 atom stereocenters. The molecule has 0 aliphatic carbocycles. The van der Waals surface area contributed by atoms with Crippen LogP contribution in [0.5, 0.6) is 0 Å². The molecule has 0 saturated heterocycles. The molecule has 5 heteroatoms. The molecule has 0 spiro atoms. The predicted molar refractivity (Wildman–Crippen MR) is 97.2 cm³/mol. The minimum atomic E-state index is -2.93. The molecule has 0 fully saturated rings. The molecule has 24 heavy (non-hydrogen) atoms. The molecule has 0 bridgehead atoms. The van der Waals surface area contributed by atoms with Crippen LogP contribution in [0, 0.1) is 0 Å². The van der Waals surface area contributed by atoms with E-state index in [0.29, 0.717) is 13.2 Å². The lowest BCUT2D eigenvalue weighted by molar-refractivity contribution is 0.00251. The highest BCUT2D eigenvalue weighted by atomic mass is 31.2. The van der Waals surface area contributed by atoms with Crippen LogP contribution in [0.2, 0.25) is 0 Å². The van der Waals surface area contributed by atoms with Crippen LogP contribution < -0.4 is 0 Å². The molecule has 0 aromatic heterocycles. The van der Waals surface area contributed by atoms with Crippen molar-refractivity contribution in [3.8, 4) is 0 Å². The third-order valence-electron chi connectivity index (χ3n) is 3.07. The summed E-state index contributed by atoms with van der Waals surface area (Å²) in [6.45, 7) is 6.61. The van der Waals surface area contributed by atoms with Gasteiger partial charge in [0.1, 0.15) is 18.8 Å². The fourth-order valence-electron chi connectivity index (χ4n) is 2.02. The molecule has 2 rings (SSSR count). The van der Waals surface area contributed by atoms with Gasteiger partial charge >= 0.3 is 8.17 Å². The molecule has 0 heterocycles. The summed E-state index contributed by atoms with van der Waals surface area (Å²) in [4.78, 5) is 0. The highest BCUT2D eigenvalue weighted by Crippen LogP contribution is 2.65. The maximum atomic E-state index is 6.06. The molecule has 2 aromatic rings. The van der Waals surface area contributed by atoms with Crippen LogP contribution in [-0.2, 0) is 31.3 Å². The average molecular weight is 349 g/mol. The lowest BCUT2D eigenvalue weighted by Crippen LogP contribution is -2.23. The van der Waals surface area contributed by atoms with Crippen LogP contribution in [-0.4, -0.2) is 12.7 Å². The van der Waals surface area contributed by atoms with Gasteiger partial charge in [-0.05, 0) is 31.9 Å². The average Bonchev–Trinajstić information content (AvgIpc) is 2.58. The maximum Gasteiger partial charge on any atom is 0.576 e. The van der Waals surface area contributed by atoms with Gasteiger partial charge in [0.15, 0.2) is 0 Å². The summed E-state index contributed by atoms with van der Waals surface area (Å²) in [5.74, 6) is 0. The van der Waals surface area contributed by atoms with Crippen LogP contribution in [0.4, 0.5) is 0 Å². The zero-order valence-electron chi connectivity index (χ0n) is 14.8.